The van der Waals surface area contributed by atoms with Gasteiger partial charge in [0, 0.05) is 6.04 Å². The molecule has 0 bridgehead atoms. The molecular weight excluding hydrogens is 336 g/mol. The number of nitrogens with zero attached hydrogens (tertiary/aromatic N) is 1. The van der Waals surface area contributed by atoms with Crippen LogP contribution in [-0.2, 0) is 9.84 Å². The number of likely N-dealkylation sites (tertiary alicyclic amines) is 1. The van der Waals surface area contributed by atoms with E-state index in [4.69, 9.17) is 17.3 Å². The molecule has 0 unspecified atom stereocenters. The molecule has 3 N–H and O–H groups in total. The molecule has 1 aliphatic carbocycles. The predicted molar refractivity (Wildman–Crippen MR) is 91.6 cm³/mol. The molecule has 0 radical (unpaired) electrons. The number of hydrogen-bond donors (Lipinski definition) is 2. The van der Waals surface area contributed by atoms with E-state index in [2.05, 4.69) is 4.90 Å². The Bertz CT molecular complexity index is 679. The monoisotopic (exact) mass is 358 g/mol. The Balaban J connectivity index is 1.78. The van der Waals surface area contributed by atoms with Gasteiger partial charge in [0.15, 0.2) is 15.6 Å². The summed E-state index contributed by atoms with van der Waals surface area (Å²) in [4.78, 5) is 2.28. The van der Waals surface area contributed by atoms with Gasteiger partial charge in [0.2, 0.25) is 0 Å². The Labute approximate surface area is 142 Å². The third-order valence-electron chi connectivity index (χ3n) is 5.14. The van der Waals surface area contributed by atoms with Gasteiger partial charge in [0.25, 0.3) is 0 Å². The fourth-order valence-corrected chi connectivity index (χ4v) is 6.25. The summed E-state index contributed by atoms with van der Waals surface area (Å²) in [6, 6.07) is 3.34. The first-order valence-corrected chi connectivity index (χ1v) is 10.1. The van der Waals surface area contributed by atoms with Gasteiger partial charge in [-0.2, -0.15) is 0 Å². The second-order valence-electron chi connectivity index (χ2n) is 6.53. The topological polar surface area (TPSA) is 83.6 Å². The van der Waals surface area contributed by atoms with Gasteiger partial charge in [-0.3, -0.25) is 0 Å². The maximum atomic E-state index is 12.9. The van der Waals surface area contributed by atoms with Crippen LogP contribution in [0.3, 0.4) is 0 Å². The summed E-state index contributed by atoms with van der Waals surface area (Å²) in [5.41, 5.74) is 5.68. The minimum absolute atomic E-state index is 0.0402. The van der Waals surface area contributed by atoms with Gasteiger partial charge in [-0.1, -0.05) is 11.6 Å². The maximum Gasteiger partial charge on any atom is 0.186 e. The molecule has 1 aromatic carbocycles. The van der Waals surface area contributed by atoms with E-state index in [1.54, 1.807) is 0 Å². The molecule has 2 fully saturated rings. The van der Waals surface area contributed by atoms with Crippen LogP contribution in [0.15, 0.2) is 17.0 Å². The molecule has 0 atom stereocenters. The maximum absolute atomic E-state index is 12.9. The molecule has 0 spiro atoms. The van der Waals surface area contributed by atoms with Gasteiger partial charge in [-0.05, 0) is 63.7 Å². The average Bonchev–Trinajstić information content (AvgIpc) is 3.06. The molecule has 128 valence electrons. The molecule has 1 saturated heterocycles. The molecule has 1 saturated carbocycles. The largest absolute Gasteiger partial charge is 0.504 e. The summed E-state index contributed by atoms with van der Waals surface area (Å²) < 4.78 is 25.8. The molecule has 0 aromatic heterocycles. The standard InChI is InChI=1S/C16H23ClN2O3S/c17-13-7-8-14(18)15(20)16(13)23(21,22)12-5-3-11(4-6-12)19-9-1-2-10-19/h7-8,11-12,20H,1-6,9-10,18H2/t11-,12+. The molecule has 0 amide bonds. The van der Waals surface area contributed by atoms with E-state index in [9.17, 15) is 13.5 Å². The lowest BCUT2D eigenvalue weighted by Crippen LogP contribution is -2.39. The highest BCUT2D eigenvalue weighted by molar-refractivity contribution is 7.92. The van der Waals surface area contributed by atoms with Crippen molar-refractivity contribution < 1.29 is 13.5 Å². The number of nitrogens with two attached hydrogens (primary N) is 1. The number of anilines is 1. The van der Waals surface area contributed by atoms with Crippen LogP contribution in [0, 0.1) is 0 Å². The lowest BCUT2D eigenvalue weighted by Gasteiger charge is -2.34. The number of phenolic OH excluding ortho intramolecular Hbond substituents is 1. The van der Waals surface area contributed by atoms with Gasteiger partial charge >= 0.3 is 0 Å². The van der Waals surface area contributed by atoms with Crippen LogP contribution in [-0.4, -0.2) is 42.8 Å². The van der Waals surface area contributed by atoms with Crippen molar-refractivity contribution in [1.29, 1.82) is 0 Å². The van der Waals surface area contributed by atoms with Crippen molar-refractivity contribution in [2.75, 3.05) is 18.8 Å². The quantitative estimate of drug-likeness (QED) is 0.641. The van der Waals surface area contributed by atoms with E-state index in [1.807, 2.05) is 0 Å². The Morgan fingerprint density at radius 3 is 2.35 bits per heavy atom. The summed E-state index contributed by atoms with van der Waals surface area (Å²) in [6.07, 6.45) is 5.45. The molecule has 7 heteroatoms. The van der Waals surface area contributed by atoms with Crippen LogP contribution in [0.4, 0.5) is 5.69 Å². The van der Waals surface area contributed by atoms with Crippen LogP contribution in [0.2, 0.25) is 5.02 Å². The average molecular weight is 359 g/mol. The number of halogens is 1. The molecule has 23 heavy (non-hydrogen) atoms. The van der Waals surface area contributed by atoms with E-state index >= 15 is 0 Å². The zero-order valence-corrected chi connectivity index (χ0v) is 14.6. The number of nitrogen functional groups attached to an aromatic ring is 1. The summed E-state index contributed by atoms with van der Waals surface area (Å²) in [5.74, 6) is -0.417. The second kappa shape index (κ2) is 6.49. The normalized spacial score (nSPS) is 26.5. The number of rotatable bonds is 3. The fraction of sp³-hybridized carbons (Fsp3) is 0.625. The van der Waals surface area contributed by atoms with Crippen LogP contribution in [0.5, 0.6) is 5.75 Å². The van der Waals surface area contributed by atoms with Crippen molar-refractivity contribution in [2.45, 2.75) is 54.7 Å². The van der Waals surface area contributed by atoms with Gasteiger partial charge < -0.3 is 15.7 Å². The number of phenols is 1. The van der Waals surface area contributed by atoms with Crippen LogP contribution >= 0.6 is 11.6 Å². The first-order chi connectivity index (χ1) is 10.9. The zero-order valence-electron chi connectivity index (χ0n) is 13.0. The van der Waals surface area contributed by atoms with E-state index in [0.29, 0.717) is 18.9 Å². The highest BCUT2D eigenvalue weighted by Crippen LogP contribution is 2.40. The van der Waals surface area contributed by atoms with Crippen LogP contribution < -0.4 is 5.73 Å². The third-order valence-corrected chi connectivity index (χ3v) is 7.90. The van der Waals surface area contributed by atoms with Crippen LogP contribution in [0.25, 0.3) is 0 Å². The fourth-order valence-electron chi connectivity index (χ4n) is 3.83. The van der Waals surface area contributed by atoms with E-state index in [0.717, 1.165) is 25.9 Å². The van der Waals surface area contributed by atoms with Crippen molar-refractivity contribution >= 4 is 27.1 Å². The molecule has 5 nitrogen and oxygen atoms in total. The number of aromatic hydroxyl groups is 1. The van der Waals surface area contributed by atoms with Crippen molar-refractivity contribution in [3.8, 4) is 5.75 Å². The van der Waals surface area contributed by atoms with Gasteiger partial charge in [-0.25, -0.2) is 8.42 Å². The molecule has 1 aromatic rings. The Hall–Kier alpha value is -0.980. The number of hydrogen-bond acceptors (Lipinski definition) is 5. The zero-order chi connectivity index (χ0) is 16.6. The van der Waals surface area contributed by atoms with Gasteiger partial charge in [-0.15, -0.1) is 0 Å². The molecule has 1 aliphatic heterocycles. The Morgan fingerprint density at radius 1 is 1.13 bits per heavy atom. The summed E-state index contributed by atoms with van der Waals surface area (Å²) in [7, 11) is -3.67. The van der Waals surface area contributed by atoms with E-state index in [1.165, 1.54) is 25.0 Å². The smallest absolute Gasteiger partial charge is 0.186 e. The highest BCUT2D eigenvalue weighted by Gasteiger charge is 2.37. The van der Waals surface area contributed by atoms with E-state index in [-0.39, 0.29) is 15.6 Å². The minimum atomic E-state index is -3.67. The van der Waals surface area contributed by atoms with E-state index < -0.39 is 20.8 Å². The SMILES string of the molecule is Nc1ccc(Cl)c(S(=O)(=O)[C@H]2CC[C@@H](N3CCCC3)CC2)c1O. The minimum Gasteiger partial charge on any atom is -0.504 e. The Kier molecular flexibility index (Phi) is 4.76. The van der Waals surface area contributed by atoms with Gasteiger partial charge in [0.05, 0.1) is 16.0 Å². The lowest BCUT2D eigenvalue weighted by atomic mass is 9.94. The highest BCUT2D eigenvalue weighted by atomic mass is 35.5. The van der Waals surface area contributed by atoms with Crippen molar-refractivity contribution in [2.24, 2.45) is 0 Å². The van der Waals surface area contributed by atoms with Crippen LogP contribution in [0.1, 0.15) is 38.5 Å². The summed E-state index contributed by atoms with van der Waals surface area (Å²) in [5, 5.41) is 9.62. The molecular formula is C16H23ClN2O3S. The number of sulfone groups is 1. The first kappa shape index (κ1) is 16.9. The predicted octanol–water partition coefficient (Wildman–Crippen LogP) is 2.81. The third kappa shape index (κ3) is 3.16. The first-order valence-electron chi connectivity index (χ1n) is 8.16. The summed E-state index contributed by atoms with van der Waals surface area (Å²) in [6.45, 7) is 2.26. The second-order valence-corrected chi connectivity index (χ2v) is 9.11. The van der Waals surface area contributed by atoms with Crippen molar-refractivity contribution in [1.82, 2.24) is 4.90 Å². The number of benzene rings is 1. The molecule has 3 rings (SSSR count). The molecule has 2 aliphatic rings. The Morgan fingerprint density at radius 2 is 1.74 bits per heavy atom. The van der Waals surface area contributed by atoms with Crippen molar-refractivity contribution in [3.63, 3.8) is 0 Å². The van der Waals surface area contributed by atoms with Crippen molar-refractivity contribution in [3.05, 3.63) is 17.2 Å². The summed E-state index contributed by atoms with van der Waals surface area (Å²) >= 11 is 6.03. The molecule has 1 heterocycles. The lowest BCUT2D eigenvalue weighted by molar-refractivity contribution is 0.192. The van der Waals surface area contributed by atoms with Gasteiger partial charge in [0.1, 0.15) is 4.90 Å².